The molecule has 1 amide bonds. The van der Waals surface area contributed by atoms with Gasteiger partial charge in [-0.2, -0.15) is 0 Å². The van der Waals surface area contributed by atoms with Crippen LogP contribution in [0.2, 0.25) is 10.0 Å². The van der Waals surface area contributed by atoms with E-state index in [1.165, 1.54) is 19.3 Å². The van der Waals surface area contributed by atoms with Crippen LogP contribution in [0.3, 0.4) is 0 Å². The van der Waals surface area contributed by atoms with Crippen molar-refractivity contribution < 1.29 is 4.79 Å². The first kappa shape index (κ1) is 26.4. The van der Waals surface area contributed by atoms with E-state index in [1.54, 1.807) is 11.8 Å². The predicted molar refractivity (Wildman–Crippen MR) is 165 cm³/mol. The maximum atomic E-state index is 14.0. The summed E-state index contributed by atoms with van der Waals surface area (Å²) in [4.78, 5) is 16.9. The van der Waals surface area contributed by atoms with Gasteiger partial charge >= 0.3 is 0 Å². The molecule has 1 aromatic heterocycles. The third-order valence-corrected chi connectivity index (χ3v) is 9.72. The highest BCUT2D eigenvalue weighted by molar-refractivity contribution is 8.05. The minimum Gasteiger partial charge on any atom is -0.356 e. The fraction of sp³-hybridized carbons (Fsp3) is 0.281. The Morgan fingerprint density at radius 3 is 2.54 bits per heavy atom. The number of hydrogen-bond donors (Lipinski definition) is 1. The maximum absolute atomic E-state index is 14.0. The third-order valence-electron chi connectivity index (χ3n) is 7.87. The molecule has 200 valence electrons. The van der Waals surface area contributed by atoms with Gasteiger partial charge in [-0.1, -0.05) is 97.2 Å². The molecule has 0 radical (unpaired) electrons. The fourth-order valence-electron chi connectivity index (χ4n) is 5.86. The molecule has 4 aromatic rings. The van der Waals surface area contributed by atoms with Crippen molar-refractivity contribution in [1.29, 1.82) is 0 Å². The van der Waals surface area contributed by atoms with E-state index in [1.807, 2.05) is 48.5 Å². The zero-order valence-electron chi connectivity index (χ0n) is 21.8. The molecule has 2 aliphatic rings. The Morgan fingerprint density at radius 1 is 0.974 bits per heavy atom. The monoisotopic (exact) mass is 575 g/mol. The first-order valence-corrected chi connectivity index (χ1v) is 15.2. The molecule has 0 spiro atoms. The number of amides is 1. The van der Waals surface area contributed by atoms with Crippen molar-refractivity contribution in [3.8, 4) is 0 Å². The van der Waals surface area contributed by atoms with Gasteiger partial charge in [0, 0.05) is 40.9 Å². The number of para-hydroxylation sites is 2. The molecule has 1 saturated heterocycles. The number of nitrogens with one attached hydrogen (secondary N) is 1. The zero-order chi connectivity index (χ0) is 26.9. The highest BCUT2D eigenvalue weighted by Crippen LogP contribution is 2.42. The van der Waals surface area contributed by atoms with Crippen LogP contribution in [0.5, 0.6) is 0 Å². The topological polar surface area (TPSA) is 37.3 Å². The minimum atomic E-state index is -0.138. The molecular formula is C32H31Cl2N3OS. The van der Waals surface area contributed by atoms with Crippen LogP contribution in [0.25, 0.3) is 17.0 Å². The van der Waals surface area contributed by atoms with Gasteiger partial charge in [0.15, 0.2) is 5.50 Å². The molecule has 1 N–H and O–H groups in total. The molecule has 3 atom stereocenters. The van der Waals surface area contributed by atoms with Crippen LogP contribution in [0.4, 0.5) is 5.69 Å². The lowest BCUT2D eigenvalue weighted by atomic mass is 9.85. The van der Waals surface area contributed by atoms with Gasteiger partial charge in [0.25, 0.3) is 5.91 Å². The lowest BCUT2D eigenvalue weighted by Gasteiger charge is -2.39. The molecule has 1 saturated carbocycles. The van der Waals surface area contributed by atoms with Crippen LogP contribution >= 0.6 is 35.0 Å². The third kappa shape index (κ3) is 5.45. The summed E-state index contributed by atoms with van der Waals surface area (Å²) < 4.78 is 2.21. The van der Waals surface area contributed by atoms with E-state index < -0.39 is 0 Å². The Balaban J connectivity index is 1.35. The number of aromatic nitrogens is 1. The van der Waals surface area contributed by atoms with Gasteiger partial charge in [-0.3, -0.25) is 4.79 Å². The molecule has 4 nitrogen and oxygen atoms in total. The Bertz CT molecular complexity index is 1530. The van der Waals surface area contributed by atoms with Gasteiger partial charge in [0.2, 0.25) is 0 Å². The van der Waals surface area contributed by atoms with Crippen LogP contribution in [0.1, 0.15) is 43.7 Å². The average Bonchev–Trinajstić information content (AvgIpc) is 3.44. The smallest absolute Gasteiger partial charge is 0.262 e. The number of fused-ring (bicyclic) bond motifs is 1. The molecular weight excluding hydrogens is 545 g/mol. The van der Waals surface area contributed by atoms with Gasteiger partial charge in [-0.25, -0.2) is 0 Å². The van der Waals surface area contributed by atoms with Crippen LogP contribution in [0, 0.1) is 5.92 Å². The number of anilines is 1. The summed E-state index contributed by atoms with van der Waals surface area (Å²) in [5.74, 6) is 0.601. The van der Waals surface area contributed by atoms with Crippen molar-refractivity contribution in [2.24, 2.45) is 5.92 Å². The van der Waals surface area contributed by atoms with E-state index in [0.717, 1.165) is 39.0 Å². The summed E-state index contributed by atoms with van der Waals surface area (Å²) in [6, 6.07) is 24.5. The lowest BCUT2D eigenvalue weighted by Crippen LogP contribution is -2.48. The molecule has 39 heavy (non-hydrogen) atoms. The standard InChI is InChI=1S/C32H31Cl2N3OS/c1-21-9-5-7-13-28(21)37-31(38)30(39-32(37)35-24-10-3-2-4-11-24)18-23-20-36(29-14-8-6-12-25(23)29)19-22-15-16-26(33)27(34)17-22/h2-4,6,8,10-12,14-18,20-21,28,32,35H,5,7,9,13,19H2,1H3/b30-18-/t21-,28-,32?/m1/s1. The van der Waals surface area contributed by atoms with Crippen molar-refractivity contribution >= 4 is 63.5 Å². The summed E-state index contributed by atoms with van der Waals surface area (Å²) in [7, 11) is 0. The molecule has 7 heteroatoms. The van der Waals surface area contributed by atoms with E-state index in [2.05, 4.69) is 58.2 Å². The molecule has 3 aromatic carbocycles. The second-order valence-corrected chi connectivity index (χ2v) is 12.4. The highest BCUT2D eigenvalue weighted by atomic mass is 35.5. The number of carbonyl (C=O) groups is 1. The first-order chi connectivity index (χ1) is 19.0. The van der Waals surface area contributed by atoms with Crippen LogP contribution in [-0.4, -0.2) is 26.9 Å². The number of carbonyl (C=O) groups excluding carboxylic acids is 1. The van der Waals surface area contributed by atoms with Gasteiger partial charge in [0.05, 0.1) is 15.0 Å². The molecule has 1 unspecified atom stereocenters. The summed E-state index contributed by atoms with van der Waals surface area (Å²) >= 11 is 14.1. The normalized spacial score (nSPS) is 22.6. The summed E-state index contributed by atoms with van der Waals surface area (Å²) in [6.07, 6.45) is 8.84. The number of halogens is 2. The molecule has 2 heterocycles. The maximum Gasteiger partial charge on any atom is 0.262 e. The van der Waals surface area contributed by atoms with Crippen molar-refractivity contribution in [2.75, 3.05) is 5.32 Å². The Hall–Kier alpha value is -2.86. The summed E-state index contributed by atoms with van der Waals surface area (Å²) in [5, 5.41) is 5.86. The molecule has 1 aliphatic heterocycles. The van der Waals surface area contributed by atoms with E-state index >= 15 is 0 Å². The quantitative estimate of drug-likeness (QED) is 0.233. The Kier molecular flexibility index (Phi) is 7.66. The lowest BCUT2D eigenvalue weighted by molar-refractivity contribution is -0.129. The predicted octanol–water partition coefficient (Wildman–Crippen LogP) is 8.89. The zero-order valence-corrected chi connectivity index (χ0v) is 24.1. The first-order valence-electron chi connectivity index (χ1n) is 13.5. The van der Waals surface area contributed by atoms with E-state index in [9.17, 15) is 4.79 Å². The average molecular weight is 577 g/mol. The fourth-order valence-corrected chi connectivity index (χ4v) is 7.39. The number of hydrogen-bond acceptors (Lipinski definition) is 3. The number of nitrogens with zero attached hydrogens (tertiary/aromatic N) is 2. The molecule has 6 rings (SSSR count). The van der Waals surface area contributed by atoms with Crippen LogP contribution in [0.15, 0.2) is 83.9 Å². The molecule has 1 aliphatic carbocycles. The summed E-state index contributed by atoms with van der Waals surface area (Å²) in [6.45, 7) is 2.95. The van der Waals surface area contributed by atoms with Gasteiger partial charge in [-0.15, -0.1) is 0 Å². The second kappa shape index (κ2) is 11.3. The minimum absolute atomic E-state index is 0.119. The largest absolute Gasteiger partial charge is 0.356 e. The van der Waals surface area contributed by atoms with E-state index in [0.29, 0.717) is 22.5 Å². The number of rotatable bonds is 6. The summed E-state index contributed by atoms with van der Waals surface area (Å²) in [5.41, 5.74) is 4.11. The van der Waals surface area contributed by atoms with Crippen LogP contribution < -0.4 is 5.32 Å². The van der Waals surface area contributed by atoms with Crippen molar-refractivity contribution in [3.63, 3.8) is 0 Å². The van der Waals surface area contributed by atoms with E-state index in [4.69, 9.17) is 23.2 Å². The highest BCUT2D eigenvalue weighted by Gasteiger charge is 2.43. The SMILES string of the molecule is C[C@@H]1CCCC[C@H]1N1C(=O)/C(=C/c2cn(Cc3ccc(Cl)c(Cl)c3)c3ccccc23)SC1Nc1ccccc1. The number of benzene rings is 3. The Labute approximate surface area is 244 Å². The van der Waals surface area contributed by atoms with Crippen molar-refractivity contribution in [3.05, 3.63) is 105 Å². The molecule has 2 fully saturated rings. The Morgan fingerprint density at radius 2 is 1.74 bits per heavy atom. The molecule has 0 bridgehead atoms. The van der Waals surface area contributed by atoms with Gasteiger partial charge in [-0.05, 0) is 60.7 Å². The van der Waals surface area contributed by atoms with Crippen molar-refractivity contribution in [1.82, 2.24) is 9.47 Å². The number of thioether (sulfide) groups is 1. The van der Waals surface area contributed by atoms with Gasteiger partial charge in [0.1, 0.15) is 0 Å². The second-order valence-electron chi connectivity index (χ2n) is 10.5. The van der Waals surface area contributed by atoms with Crippen molar-refractivity contribution in [2.45, 2.75) is 50.7 Å². The van der Waals surface area contributed by atoms with Gasteiger partial charge < -0.3 is 14.8 Å². The van der Waals surface area contributed by atoms with Crippen LogP contribution in [-0.2, 0) is 11.3 Å². The van der Waals surface area contributed by atoms with E-state index in [-0.39, 0.29) is 17.4 Å².